The van der Waals surface area contributed by atoms with Crippen molar-refractivity contribution >= 4 is 17.7 Å². The van der Waals surface area contributed by atoms with Crippen LogP contribution >= 0.6 is 0 Å². The number of non-ortho nitro benzene ring substituents is 1. The van der Waals surface area contributed by atoms with E-state index in [0.29, 0.717) is 0 Å². The Labute approximate surface area is 193 Å². The first-order chi connectivity index (χ1) is 16.0. The number of primary amides is 1. The minimum atomic E-state index is -0.890. The molecule has 1 unspecified atom stereocenters. The highest BCUT2D eigenvalue weighted by Gasteiger charge is 2.49. The van der Waals surface area contributed by atoms with Crippen LogP contribution in [0.15, 0.2) is 91.0 Å². The van der Waals surface area contributed by atoms with E-state index in [4.69, 9.17) is 5.73 Å². The summed E-state index contributed by atoms with van der Waals surface area (Å²) in [7, 11) is 0. The standard InChI is InChI=1S/C27H27N3O3/c28-26(31)27(22-9-3-1-4-10-22,23-11-5-2-6-12-23)24-17-19-29(20-24)18-7-8-21-13-15-25(16-14-21)30(32)33/h1-16,24H,17-20H2,(H2,28,31)/b8-7+. The summed E-state index contributed by atoms with van der Waals surface area (Å²) in [6.45, 7) is 2.34. The Balaban J connectivity index is 1.54. The van der Waals surface area contributed by atoms with Gasteiger partial charge in [0.05, 0.1) is 4.92 Å². The van der Waals surface area contributed by atoms with Gasteiger partial charge in [-0.1, -0.05) is 72.8 Å². The van der Waals surface area contributed by atoms with Gasteiger partial charge in [0.1, 0.15) is 5.41 Å². The van der Waals surface area contributed by atoms with Crippen molar-refractivity contribution in [2.75, 3.05) is 19.6 Å². The van der Waals surface area contributed by atoms with Crippen molar-refractivity contribution in [3.63, 3.8) is 0 Å². The maximum Gasteiger partial charge on any atom is 0.269 e. The van der Waals surface area contributed by atoms with Crippen LogP contribution in [-0.4, -0.2) is 35.4 Å². The summed E-state index contributed by atoms with van der Waals surface area (Å²) in [6, 6.07) is 26.2. The third-order valence-electron chi connectivity index (χ3n) is 6.51. The monoisotopic (exact) mass is 441 g/mol. The van der Waals surface area contributed by atoms with Crippen molar-refractivity contribution in [1.29, 1.82) is 0 Å². The first kappa shape index (κ1) is 22.4. The van der Waals surface area contributed by atoms with Crippen LogP contribution in [0, 0.1) is 16.0 Å². The molecule has 3 aromatic carbocycles. The molecule has 33 heavy (non-hydrogen) atoms. The van der Waals surface area contributed by atoms with Gasteiger partial charge in [0.15, 0.2) is 0 Å². The van der Waals surface area contributed by atoms with Gasteiger partial charge < -0.3 is 5.73 Å². The van der Waals surface area contributed by atoms with E-state index in [0.717, 1.165) is 42.7 Å². The summed E-state index contributed by atoms with van der Waals surface area (Å²) in [4.78, 5) is 25.9. The number of amides is 1. The second-order valence-electron chi connectivity index (χ2n) is 8.40. The van der Waals surface area contributed by atoms with Crippen molar-refractivity contribution in [2.24, 2.45) is 11.7 Å². The number of hydrogen-bond donors (Lipinski definition) is 1. The van der Waals surface area contributed by atoms with E-state index in [-0.39, 0.29) is 17.5 Å². The third-order valence-corrected chi connectivity index (χ3v) is 6.51. The Morgan fingerprint density at radius 3 is 2.09 bits per heavy atom. The number of carbonyl (C=O) groups excluding carboxylic acids is 1. The number of nitrogens with two attached hydrogens (primary N) is 1. The van der Waals surface area contributed by atoms with Gasteiger partial charge in [0.2, 0.25) is 5.91 Å². The molecule has 1 fully saturated rings. The highest BCUT2D eigenvalue weighted by Crippen LogP contribution is 2.43. The normalized spacial score (nSPS) is 16.8. The zero-order valence-corrected chi connectivity index (χ0v) is 18.3. The van der Waals surface area contributed by atoms with Gasteiger partial charge in [0, 0.05) is 25.2 Å². The highest BCUT2D eigenvalue weighted by atomic mass is 16.6. The fourth-order valence-electron chi connectivity index (χ4n) is 4.92. The average Bonchev–Trinajstić information content (AvgIpc) is 3.30. The molecular formula is C27H27N3O3. The predicted octanol–water partition coefficient (Wildman–Crippen LogP) is 4.40. The topological polar surface area (TPSA) is 89.5 Å². The smallest absolute Gasteiger partial charge is 0.269 e. The van der Waals surface area contributed by atoms with Crippen LogP contribution in [0.3, 0.4) is 0 Å². The zero-order chi connectivity index (χ0) is 23.3. The number of nitrogens with zero attached hydrogens (tertiary/aromatic N) is 2. The molecule has 0 bridgehead atoms. The molecule has 0 radical (unpaired) electrons. The number of rotatable bonds is 8. The summed E-state index contributed by atoms with van der Waals surface area (Å²) in [6.07, 6.45) is 4.88. The van der Waals surface area contributed by atoms with Crippen molar-refractivity contribution in [1.82, 2.24) is 4.90 Å². The van der Waals surface area contributed by atoms with E-state index >= 15 is 0 Å². The molecule has 0 aromatic heterocycles. The molecule has 3 aromatic rings. The van der Waals surface area contributed by atoms with Gasteiger partial charge >= 0.3 is 0 Å². The van der Waals surface area contributed by atoms with Crippen molar-refractivity contribution in [3.8, 4) is 0 Å². The van der Waals surface area contributed by atoms with Gasteiger partial charge in [-0.05, 0) is 47.7 Å². The van der Waals surface area contributed by atoms with Crippen LogP contribution < -0.4 is 5.73 Å². The SMILES string of the molecule is NC(=O)C(c1ccccc1)(c1ccccc1)C1CCN(C/C=C/c2ccc([N+](=O)[O-])cc2)C1. The molecule has 1 saturated heterocycles. The average molecular weight is 442 g/mol. The number of nitro groups is 1. The zero-order valence-electron chi connectivity index (χ0n) is 18.3. The first-order valence-corrected chi connectivity index (χ1v) is 11.1. The lowest BCUT2D eigenvalue weighted by atomic mass is 9.64. The van der Waals surface area contributed by atoms with E-state index in [1.54, 1.807) is 12.1 Å². The molecule has 6 heteroatoms. The van der Waals surface area contributed by atoms with Crippen molar-refractivity contribution in [2.45, 2.75) is 11.8 Å². The summed E-state index contributed by atoms with van der Waals surface area (Å²) < 4.78 is 0. The number of carbonyl (C=O) groups is 1. The molecule has 1 heterocycles. The van der Waals surface area contributed by atoms with Crippen LogP contribution in [0.2, 0.25) is 0 Å². The molecule has 6 nitrogen and oxygen atoms in total. The summed E-state index contributed by atoms with van der Waals surface area (Å²) in [5.41, 5.74) is 8.11. The second-order valence-corrected chi connectivity index (χ2v) is 8.40. The lowest BCUT2D eigenvalue weighted by Gasteiger charge is -2.37. The lowest BCUT2D eigenvalue weighted by molar-refractivity contribution is -0.384. The molecule has 1 atom stereocenters. The Kier molecular flexibility index (Phi) is 6.66. The van der Waals surface area contributed by atoms with Crippen LogP contribution in [0.5, 0.6) is 0 Å². The Morgan fingerprint density at radius 1 is 1.00 bits per heavy atom. The Hall–Kier alpha value is -3.77. The van der Waals surface area contributed by atoms with E-state index in [2.05, 4.69) is 11.0 Å². The Bertz CT molecular complexity index is 1090. The summed E-state index contributed by atoms with van der Waals surface area (Å²) in [5.74, 6) is -0.277. The maximum atomic E-state index is 13.1. The van der Waals surface area contributed by atoms with Gasteiger partial charge in [-0.2, -0.15) is 0 Å². The highest BCUT2D eigenvalue weighted by molar-refractivity contribution is 5.91. The van der Waals surface area contributed by atoms with E-state index in [1.165, 1.54) is 12.1 Å². The maximum absolute atomic E-state index is 13.1. The van der Waals surface area contributed by atoms with E-state index in [1.807, 2.05) is 66.7 Å². The minimum Gasteiger partial charge on any atom is -0.369 e. The van der Waals surface area contributed by atoms with Gasteiger partial charge in [0.25, 0.3) is 5.69 Å². The van der Waals surface area contributed by atoms with E-state index < -0.39 is 10.3 Å². The molecule has 1 aliphatic rings. The number of nitro benzene ring substituents is 1. The van der Waals surface area contributed by atoms with Gasteiger partial charge in [-0.15, -0.1) is 0 Å². The van der Waals surface area contributed by atoms with Crippen LogP contribution in [-0.2, 0) is 10.2 Å². The predicted molar refractivity (Wildman–Crippen MR) is 130 cm³/mol. The largest absolute Gasteiger partial charge is 0.369 e. The number of benzene rings is 3. The van der Waals surface area contributed by atoms with Gasteiger partial charge in [-0.25, -0.2) is 0 Å². The van der Waals surface area contributed by atoms with Crippen molar-refractivity contribution in [3.05, 3.63) is 118 Å². The van der Waals surface area contributed by atoms with Crippen LogP contribution in [0.4, 0.5) is 5.69 Å². The van der Waals surface area contributed by atoms with Gasteiger partial charge in [-0.3, -0.25) is 19.8 Å². The summed E-state index contributed by atoms with van der Waals surface area (Å²) >= 11 is 0. The summed E-state index contributed by atoms with van der Waals surface area (Å²) in [5, 5.41) is 10.8. The Morgan fingerprint density at radius 2 is 1.58 bits per heavy atom. The minimum absolute atomic E-state index is 0.0487. The number of hydrogen-bond acceptors (Lipinski definition) is 4. The molecule has 0 saturated carbocycles. The lowest BCUT2D eigenvalue weighted by Crippen LogP contribution is -2.49. The quantitative estimate of drug-likeness (QED) is 0.414. The fraction of sp³-hybridized carbons (Fsp3) is 0.222. The molecule has 0 aliphatic carbocycles. The molecule has 2 N–H and O–H groups in total. The second kappa shape index (κ2) is 9.79. The third kappa shape index (κ3) is 4.56. The first-order valence-electron chi connectivity index (χ1n) is 11.1. The molecule has 168 valence electrons. The molecule has 4 rings (SSSR count). The molecule has 0 spiro atoms. The molecule has 1 aliphatic heterocycles. The fourth-order valence-corrected chi connectivity index (χ4v) is 4.92. The van der Waals surface area contributed by atoms with E-state index in [9.17, 15) is 14.9 Å². The molecule has 1 amide bonds. The van der Waals surface area contributed by atoms with Crippen LogP contribution in [0.1, 0.15) is 23.1 Å². The number of likely N-dealkylation sites (tertiary alicyclic amines) is 1. The molecular weight excluding hydrogens is 414 g/mol. The van der Waals surface area contributed by atoms with Crippen LogP contribution in [0.25, 0.3) is 6.08 Å². The van der Waals surface area contributed by atoms with Crippen molar-refractivity contribution < 1.29 is 9.72 Å².